The van der Waals surface area contributed by atoms with Crippen molar-refractivity contribution in [2.75, 3.05) is 44.6 Å². The normalized spacial score (nSPS) is 17.8. The van der Waals surface area contributed by atoms with Crippen LogP contribution in [0.15, 0.2) is 78.9 Å². The fourth-order valence-electron chi connectivity index (χ4n) is 4.33. The van der Waals surface area contributed by atoms with Crippen LogP contribution < -0.4 is 14.8 Å². The molecule has 5 rings (SSSR count). The van der Waals surface area contributed by atoms with E-state index < -0.39 is 6.10 Å². The fraction of sp³-hybridized carbons (Fsp3) is 0.259. The Morgan fingerprint density at radius 2 is 1.50 bits per heavy atom. The Kier molecular flexibility index (Phi) is 6.44. The number of fused-ring (bicyclic) bond motifs is 1. The molecular formula is C27H27N3O4. The van der Waals surface area contributed by atoms with Crippen molar-refractivity contribution in [3.8, 4) is 22.6 Å². The van der Waals surface area contributed by atoms with Crippen molar-refractivity contribution in [3.05, 3.63) is 78.9 Å². The summed E-state index contributed by atoms with van der Waals surface area (Å²) < 4.78 is 11.5. The number of carbonyl (C=O) groups excluding carboxylic acids is 2. The first-order valence-corrected chi connectivity index (χ1v) is 11.5. The molecule has 0 aliphatic carbocycles. The predicted molar refractivity (Wildman–Crippen MR) is 130 cm³/mol. The number of carbonyl (C=O) groups is 2. The molecule has 2 heterocycles. The maximum atomic E-state index is 12.9. The van der Waals surface area contributed by atoms with Crippen molar-refractivity contribution in [2.24, 2.45) is 0 Å². The fourth-order valence-corrected chi connectivity index (χ4v) is 4.33. The van der Waals surface area contributed by atoms with Crippen LogP contribution in [0, 0.1) is 0 Å². The van der Waals surface area contributed by atoms with Gasteiger partial charge in [0, 0.05) is 37.4 Å². The molecule has 2 amide bonds. The quantitative estimate of drug-likeness (QED) is 0.637. The van der Waals surface area contributed by atoms with E-state index in [1.54, 1.807) is 11.0 Å². The third-order valence-electron chi connectivity index (χ3n) is 6.12. The van der Waals surface area contributed by atoms with Gasteiger partial charge in [-0.15, -0.1) is 0 Å². The van der Waals surface area contributed by atoms with Gasteiger partial charge < -0.3 is 19.7 Å². The van der Waals surface area contributed by atoms with Gasteiger partial charge in [-0.3, -0.25) is 14.5 Å². The van der Waals surface area contributed by atoms with E-state index in [1.165, 1.54) is 0 Å². The molecule has 1 unspecified atom stereocenters. The first-order valence-electron chi connectivity index (χ1n) is 11.5. The second-order valence-electron chi connectivity index (χ2n) is 8.43. The van der Waals surface area contributed by atoms with E-state index in [0.717, 1.165) is 16.8 Å². The van der Waals surface area contributed by atoms with Crippen molar-refractivity contribution in [1.82, 2.24) is 9.80 Å². The Bertz CT molecular complexity index is 1160. The molecule has 2 aliphatic heterocycles. The van der Waals surface area contributed by atoms with Gasteiger partial charge in [0.15, 0.2) is 11.5 Å². The minimum Gasteiger partial charge on any atom is -0.485 e. The Balaban J connectivity index is 1.13. The summed E-state index contributed by atoms with van der Waals surface area (Å²) in [5.74, 6) is 1.12. The lowest BCUT2D eigenvalue weighted by molar-refractivity contribution is -0.143. The lowest BCUT2D eigenvalue weighted by Gasteiger charge is -2.36. The Hall–Kier alpha value is -3.84. The number of anilines is 1. The van der Waals surface area contributed by atoms with Crippen LogP contribution in [0.25, 0.3) is 11.1 Å². The van der Waals surface area contributed by atoms with E-state index in [4.69, 9.17) is 9.47 Å². The minimum absolute atomic E-state index is 0.0659. The second-order valence-corrected chi connectivity index (χ2v) is 8.43. The van der Waals surface area contributed by atoms with E-state index in [-0.39, 0.29) is 25.0 Å². The van der Waals surface area contributed by atoms with Crippen LogP contribution in [0.3, 0.4) is 0 Å². The number of amides is 2. The van der Waals surface area contributed by atoms with Crippen molar-refractivity contribution in [2.45, 2.75) is 6.10 Å². The molecule has 0 radical (unpaired) electrons. The topological polar surface area (TPSA) is 71.1 Å². The molecule has 1 atom stereocenters. The summed E-state index contributed by atoms with van der Waals surface area (Å²) in [7, 11) is 0. The number of para-hydroxylation sites is 3. The molecule has 7 nitrogen and oxygen atoms in total. The smallest absolute Gasteiger partial charge is 0.267 e. The molecule has 1 fully saturated rings. The summed E-state index contributed by atoms with van der Waals surface area (Å²) in [6.45, 7) is 2.84. The second kappa shape index (κ2) is 9.97. The summed E-state index contributed by atoms with van der Waals surface area (Å²) >= 11 is 0. The van der Waals surface area contributed by atoms with E-state index >= 15 is 0 Å². The van der Waals surface area contributed by atoms with Crippen LogP contribution in [0.2, 0.25) is 0 Å². The van der Waals surface area contributed by atoms with E-state index in [0.29, 0.717) is 37.7 Å². The molecule has 2 aliphatic rings. The zero-order chi connectivity index (χ0) is 23.3. The van der Waals surface area contributed by atoms with Crippen molar-refractivity contribution in [3.63, 3.8) is 0 Å². The van der Waals surface area contributed by atoms with E-state index in [9.17, 15) is 9.59 Å². The monoisotopic (exact) mass is 457 g/mol. The number of rotatable bonds is 5. The third kappa shape index (κ3) is 4.89. The number of piperazine rings is 1. The van der Waals surface area contributed by atoms with Crippen LogP contribution in [0.1, 0.15) is 0 Å². The van der Waals surface area contributed by atoms with Crippen LogP contribution >= 0.6 is 0 Å². The van der Waals surface area contributed by atoms with Crippen LogP contribution in [-0.2, 0) is 9.59 Å². The van der Waals surface area contributed by atoms with E-state index in [2.05, 4.69) is 10.2 Å². The number of nitrogens with one attached hydrogen (secondary N) is 1. The van der Waals surface area contributed by atoms with Crippen LogP contribution in [-0.4, -0.2) is 67.0 Å². The van der Waals surface area contributed by atoms with Gasteiger partial charge in [-0.1, -0.05) is 60.7 Å². The Morgan fingerprint density at radius 1 is 0.824 bits per heavy atom. The lowest BCUT2D eigenvalue weighted by Crippen LogP contribution is -2.54. The molecular weight excluding hydrogens is 430 g/mol. The third-order valence-corrected chi connectivity index (χ3v) is 6.12. The zero-order valence-electron chi connectivity index (χ0n) is 18.9. The molecule has 0 bridgehead atoms. The first kappa shape index (κ1) is 22.0. The predicted octanol–water partition coefficient (Wildman–Crippen LogP) is 3.28. The van der Waals surface area contributed by atoms with Crippen LogP contribution in [0.5, 0.6) is 11.5 Å². The van der Waals surface area contributed by atoms with Crippen molar-refractivity contribution < 1.29 is 19.1 Å². The molecule has 0 saturated carbocycles. The number of hydrogen-bond donors (Lipinski definition) is 1. The highest BCUT2D eigenvalue weighted by Gasteiger charge is 2.32. The molecule has 3 aromatic rings. The molecule has 174 valence electrons. The maximum Gasteiger partial charge on any atom is 0.267 e. The first-order chi connectivity index (χ1) is 16.7. The summed E-state index contributed by atoms with van der Waals surface area (Å²) in [6.07, 6.45) is -0.640. The minimum atomic E-state index is -0.640. The highest BCUT2D eigenvalue weighted by atomic mass is 16.6. The van der Waals surface area contributed by atoms with Gasteiger partial charge in [-0.25, -0.2) is 0 Å². The summed E-state index contributed by atoms with van der Waals surface area (Å²) in [6, 6.07) is 25.2. The van der Waals surface area contributed by atoms with Gasteiger partial charge in [0.1, 0.15) is 6.61 Å². The molecule has 0 aromatic heterocycles. The van der Waals surface area contributed by atoms with E-state index in [1.807, 2.05) is 72.8 Å². The number of hydrogen-bond acceptors (Lipinski definition) is 5. The summed E-state index contributed by atoms with van der Waals surface area (Å²) in [5.41, 5.74) is 2.84. The molecule has 7 heteroatoms. The molecule has 34 heavy (non-hydrogen) atoms. The van der Waals surface area contributed by atoms with Gasteiger partial charge in [-0.05, 0) is 23.8 Å². The molecule has 1 N–H and O–H groups in total. The number of nitrogens with zero attached hydrogens (tertiary/aromatic N) is 2. The zero-order valence-corrected chi connectivity index (χ0v) is 18.9. The SMILES string of the molecule is O=C(CN1CCN(C(=O)C2COc3ccccc3O2)CC1)Nc1ccccc1-c1ccccc1. The van der Waals surface area contributed by atoms with Gasteiger partial charge >= 0.3 is 0 Å². The Labute approximate surface area is 198 Å². The average Bonchev–Trinajstić information content (AvgIpc) is 2.89. The lowest BCUT2D eigenvalue weighted by atomic mass is 10.0. The Morgan fingerprint density at radius 3 is 2.29 bits per heavy atom. The number of ether oxygens (including phenoxy) is 2. The van der Waals surface area contributed by atoms with Gasteiger partial charge in [-0.2, -0.15) is 0 Å². The van der Waals surface area contributed by atoms with Crippen LogP contribution in [0.4, 0.5) is 5.69 Å². The standard InChI is InChI=1S/C27H27N3O4/c31-26(28-22-11-5-4-10-21(22)20-8-2-1-3-9-20)18-29-14-16-30(17-15-29)27(32)25-19-33-23-12-6-7-13-24(23)34-25/h1-13,25H,14-19H2,(H,28,31). The highest BCUT2D eigenvalue weighted by Crippen LogP contribution is 2.31. The molecule has 1 saturated heterocycles. The largest absolute Gasteiger partial charge is 0.485 e. The summed E-state index contributed by atoms with van der Waals surface area (Å²) in [4.78, 5) is 29.6. The average molecular weight is 458 g/mol. The highest BCUT2D eigenvalue weighted by molar-refractivity contribution is 5.96. The maximum absolute atomic E-state index is 12.9. The van der Waals surface area contributed by atoms with Gasteiger partial charge in [0.25, 0.3) is 5.91 Å². The van der Waals surface area contributed by atoms with Gasteiger partial charge in [0.2, 0.25) is 12.0 Å². The summed E-state index contributed by atoms with van der Waals surface area (Å²) in [5, 5.41) is 3.05. The van der Waals surface area contributed by atoms with Gasteiger partial charge in [0.05, 0.1) is 6.54 Å². The molecule has 3 aromatic carbocycles. The number of benzene rings is 3. The van der Waals surface area contributed by atoms with Crippen molar-refractivity contribution in [1.29, 1.82) is 0 Å². The molecule has 0 spiro atoms. The van der Waals surface area contributed by atoms with Crippen molar-refractivity contribution >= 4 is 17.5 Å².